The van der Waals surface area contributed by atoms with Gasteiger partial charge in [-0.05, 0) is 26.0 Å². The van der Waals surface area contributed by atoms with Gasteiger partial charge in [-0.25, -0.2) is 0 Å². The smallest absolute Gasteiger partial charge is 0.153 e. The van der Waals surface area contributed by atoms with E-state index in [1.54, 1.807) is 10.9 Å². The van der Waals surface area contributed by atoms with E-state index in [1.165, 1.54) is 0 Å². The van der Waals surface area contributed by atoms with Crippen molar-refractivity contribution >= 4 is 6.29 Å². The van der Waals surface area contributed by atoms with Crippen LogP contribution in [0, 0.1) is 0 Å². The van der Waals surface area contributed by atoms with Crippen LogP contribution < -0.4 is 4.74 Å². The Balaban J connectivity index is 2.53. The summed E-state index contributed by atoms with van der Waals surface area (Å²) in [5, 5.41) is 4.42. The topological polar surface area (TPSA) is 44.1 Å². The third-order valence-corrected chi connectivity index (χ3v) is 2.68. The third-order valence-electron chi connectivity index (χ3n) is 2.68. The molecule has 0 bridgehead atoms. The van der Waals surface area contributed by atoms with E-state index in [0.717, 1.165) is 24.1 Å². The quantitative estimate of drug-likeness (QED) is 0.760. The average Bonchev–Trinajstić information content (AvgIpc) is 2.83. The van der Waals surface area contributed by atoms with Gasteiger partial charge in [0.2, 0.25) is 0 Å². The molecule has 0 fully saturated rings. The lowest BCUT2D eigenvalue weighted by molar-refractivity contribution is 0.112. The Bertz CT molecular complexity index is 546. The number of carbonyl (C=O) groups excluding carboxylic acids is 1. The van der Waals surface area contributed by atoms with E-state index < -0.39 is 0 Å². The van der Waals surface area contributed by atoms with Crippen LogP contribution in [0.1, 0.15) is 24.2 Å². The molecular weight excluding hydrogens is 228 g/mol. The molecule has 0 unspecified atom stereocenters. The van der Waals surface area contributed by atoms with Gasteiger partial charge in [-0.1, -0.05) is 12.1 Å². The first-order valence-electron chi connectivity index (χ1n) is 6.05. The van der Waals surface area contributed by atoms with Gasteiger partial charge in [0.25, 0.3) is 0 Å². The average molecular weight is 244 g/mol. The van der Waals surface area contributed by atoms with E-state index in [1.807, 2.05) is 38.1 Å². The number of ether oxygens (including phenoxy) is 1. The fourth-order valence-corrected chi connectivity index (χ4v) is 1.84. The molecule has 0 aliphatic rings. The van der Waals surface area contributed by atoms with Crippen molar-refractivity contribution in [3.63, 3.8) is 0 Å². The molecule has 2 rings (SSSR count). The van der Waals surface area contributed by atoms with Crippen molar-refractivity contribution in [3.05, 3.63) is 36.0 Å². The summed E-state index contributed by atoms with van der Waals surface area (Å²) in [7, 11) is 0. The summed E-state index contributed by atoms with van der Waals surface area (Å²) in [4.78, 5) is 11.1. The molecule has 1 aromatic carbocycles. The minimum atomic E-state index is 0.585. The van der Waals surface area contributed by atoms with Crippen molar-refractivity contribution in [1.29, 1.82) is 0 Å². The van der Waals surface area contributed by atoms with Gasteiger partial charge in [-0.3, -0.25) is 9.48 Å². The van der Waals surface area contributed by atoms with Crippen molar-refractivity contribution in [1.82, 2.24) is 9.78 Å². The van der Waals surface area contributed by atoms with Crippen molar-refractivity contribution in [3.8, 4) is 17.0 Å². The summed E-state index contributed by atoms with van der Waals surface area (Å²) < 4.78 is 7.32. The van der Waals surface area contributed by atoms with E-state index >= 15 is 0 Å². The van der Waals surface area contributed by atoms with E-state index in [0.29, 0.717) is 17.9 Å². The summed E-state index contributed by atoms with van der Waals surface area (Å²) in [5.41, 5.74) is 2.12. The Morgan fingerprint density at radius 3 is 2.78 bits per heavy atom. The lowest BCUT2D eigenvalue weighted by Gasteiger charge is -2.08. The van der Waals surface area contributed by atoms with E-state index in [9.17, 15) is 4.79 Å². The Hall–Kier alpha value is -2.10. The second-order valence-electron chi connectivity index (χ2n) is 3.84. The highest BCUT2D eigenvalue weighted by Gasteiger charge is 2.14. The molecule has 18 heavy (non-hydrogen) atoms. The maximum atomic E-state index is 11.1. The SMILES string of the molecule is CCOc1ccccc1-c1nn(CC)cc1C=O. The molecule has 1 heterocycles. The zero-order valence-corrected chi connectivity index (χ0v) is 10.6. The molecule has 1 aromatic heterocycles. The Labute approximate surface area is 106 Å². The molecule has 0 radical (unpaired) electrons. The zero-order chi connectivity index (χ0) is 13.0. The largest absolute Gasteiger partial charge is 0.493 e. The lowest BCUT2D eigenvalue weighted by Crippen LogP contribution is -1.97. The van der Waals surface area contributed by atoms with Gasteiger partial charge in [0.05, 0.1) is 12.2 Å². The van der Waals surface area contributed by atoms with Crippen molar-refractivity contribution in [2.24, 2.45) is 0 Å². The number of carbonyl (C=O) groups is 1. The van der Waals surface area contributed by atoms with Crippen LogP contribution in [0.3, 0.4) is 0 Å². The summed E-state index contributed by atoms with van der Waals surface area (Å²) in [6.07, 6.45) is 2.59. The van der Waals surface area contributed by atoms with Crippen LogP contribution >= 0.6 is 0 Å². The second-order valence-corrected chi connectivity index (χ2v) is 3.84. The molecule has 4 heteroatoms. The molecule has 0 amide bonds. The molecule has 0 aliphatic carbocycles. The van der Waals surface area contributed by atoms with Crippen LogP contribution in [0.25, 0.3) is 11.3 Å². The van der Waals surface area contributed by atoms with Gasteiger partial charge in [0.15, 0.2) is 6.29 Å². The monoisotopic (exact) mass is 244 g/mol. The van der Waals surface area contributed by atoms with E-state index in [2.05, 4.69) is 5.10 Å². The first-order valence-corrected chi connectivity index (χ1v) is 6.05. The highest BCUT2D eigenvalue weighted by molar-refractivity contribution is 5.87. The number of hydrogen-bond donors (Lipinski definition) is 0. The first-order chi connectivity index (χ1) is 8.80. The first kappa shape index (κ1) is 12.4. The molecule has 2 aromatic rings. The molecule has 0 saturated heterocycles. The van der Waals surface area contributed by atoms with Gasteiger partial charge >= 0.3 is 0 Å². The van der Waals surface area contributed by atoms with Crippen LogP contribution in [0.2, 0.25) is 0 Å². The molecular formula is C14H16N2O2. The molecule has 4 nitrogen and oxygen atoms in total. The molecule has 0 saturated carbocycles. The predicted octanol–water partition coefficient (Wildman–Crippen LogP) is 2.78. The minimum Gasteiger partial charge on any atom is -0.493 e. The number of para-hydroxylation sites is 1. The normalized spacial score (nSPS) is 10.3. The lowest BCUT2D eigenvalue weighted by atomic mass is 10.1. The predicted molar refractivity (Wildman–Crippen MR) is 69.9 cm³/mol. The standard InChI is InChI=1S/C14H16N2O2/c1-3-16-9-11(10-17)14(15-16)12-7-5-6-8-13(12)18-4-2/h5-10H,3-4H2,1-2H3. The van der Waals surface area contributed by atoms with Crippen LogP contribution in [0.5, 0.6) is 5.75 Å². The van der Waals surface area contributed by atoms with Gasteiger partial charge in [-0.15, -0.1) is 0 Å². The number of benzene rings is 1. The van der Waals surface area contributed by atoms with Crippen LogP contribution in [-0.2, 0) is 6.54 Å². The molecule has 94 valence electrons. The van der Waals surface area contributed by atoms with Gasteiger partial charge in [0, 0.05) is 18.3 Å². The Morgan fingerprint density at radius 1 is 1.33 bits per heavy atom. The number of hydrogen-bond acceptors (Lipinski definition) is 3. The number of nitrogens with zero attached hydrogens (tertiary/aromatic N) is 2. The Morgan fingerprint density at radius 2 is 2.11 bits per heavy atom. The van der Waals surface area contributed by atoms with Crippen molar-refractivity contribution in [2.75, 3.05) is 6.61 Å². The highest BCUT2D eigenvalue weighted by Crippen LogP contribution is 2.30. The number of aldehydes is 1. The summed E-state index contributed by atoms with van der Waals surface area (Å²) in [6.45, 7) is 5.24. The number of aryl methyl sites for hydroxylation is 1. The zero-order valence-electron chi connectivity index (χ0n) is 10.6. The van der Waals surface area contributed by atoms with Crippen LogP contribution in [-0.4, -0.2) is 22.7 Å². The third kappa shape index (κ3) is 2.27. The molecule has 0 spiro atoms. The summed E-state index contributed by atoms with van der Waals surface area (Å²) >= 11 is 0. The molecule has 0 N–H and O–H groups in total. The summed E-state index contributed by atoms with van der Waals surface area (Å²) in [5.74, 6) is 0.754. The maximum absolute atomic E-state index is 11.1. The fraction of sp³-hybridized carbons (Fsp3) is 0.286. The second kappa shape index (κ2) is 5.49. The van der Waals surface area contributed by atoms with E-state index in [-0.39, 0.29) is 0 Å². The highest BCUT2D eigenvalue weighted by atomic mass is 16.5. The van der Waals surface area contributed by atoms with Gasteiger partial charge < -0.3 is 4.74 Å². The van der Waals surface area contributed by atoms with Gasteiger partial charge in [0.1, 0.15) is 11.4 Å². The van der Waals surface area contributed by atoms with Crippen LogP contribution in [0.4, 0.5) is 0 Å². The van der Waals surface area contributed by atoms with Crippen molar-refractivity contribution in [2.45, 2.75) is 20.4 Å². The van der Waals surface area contributed by atoms with Crippen molar-refractivity contribution < 1.29 is 9.53 Å². The molecule has 0 aliphatic heterocycles. The van der Waals surface area contributed by atoms with Gasteiger partial charge in [-0.2, -0.15) is 5.10 Å². The maximum Gasteiger partial charge on any atom is 0.153 e. The van der Waals surface area contributed by atoms with Crippen LogP contribution in [0.15, 0.2) is 30.5 Å². The Kier molecular flexibility index (Phi) is 3.77. The number of rotatable bonds is 5. The summed E-state index contributed by atoms with van der Waals surface area (Å²) in [6, 6.07) is 7.63. The number of aromatic nitrogens is 2. The minimum absolute atomic E-state index is 0.585. The fourth-order valence-electron chi connectivity index (χ4n) is 1.84. The van der Waals surface area contributed by atoms with E-state index in [4.69, 9.17) is 4.74 Å². The molecule has 0 atom stereocenters.